The molecule has 0 bridgehead atoms. The highest BCUT2D eigenvalue weighted by molar-refractivity contribution is 5.79. The van der Waals surface area contributed by atoms with Crippen molar-refractivity contribution in [1.82, 2.24) is 0 Å². The molecule has 0 aliphatic heterocycles. The molecule has 0 aliphatic carbocycles. The van der Waals surface area contributed by atoms with Crippen LogP contribution in [0.2, 0.25) is 0 Å². The summed E-state index contributed by atoms with van der Waals surface area (Å²) in [5.74, 6) is 1.51. The van der Waals surface area contributed by atoms with Gasteiger partial charge in [-0.25, -0.2) is 0 Å². The van der Waals surface area contributed by atoms with Crippen LogP contribution in [-0.2, 0) is 6.42 Å². The fraction of sp³-hybridized carbons (Fsp3) is 0.417. The molecule has 0 aliphatic rings. The largest absolute Gasteiger partial charge is 0.493 e. The van der Waals surface area contributed by atoms with Crippen molar-refractivity contribution < 1.29 is 14.7 Å². The standard InChI is InChI=1S/C12H18N2O3/c1-3-9-4-5-10(11(8-9)16-2)17-7-6-12(13)14-15/h4-5,8,15H,3,6-7H2,1-2H3,(H2,13,14). The smallest absolute Gasteiger partial charge is 0.161 e. The Balaban J connectivity index is 2.64. The summed E-state index contributed by atoms with van der Waals surface area (Å²) in [5.41, 5.74) is 6.53. The molecule has 17 heavy (non-hydrogen) atoms. The van der Waals surface area contributed by atoms with E-state index in [4.69, 9.17) is 20.4 Å². The maximum absolute atomic E-state index is 8.38. The Hall–Kier alpha value is -1.91. The highest BCUT2D eigenvalue weighted by atomic mass is 16.5. The number of amidine groups is 1. The van der Waals surface area contributed by atoms with E-state index < -0.39 is 0 Å². The molecular weight excluding hydrogens is 220 g/mol. The number of benzene rings is 1. The van der Waals surface area contributed by atoms with Gasteiger partial charge in [0.05, 0.1) is 13.7 Å². The molecule has 0 amide bonds. The van der Waals surface area contributed by atoms with Crippen LogP contribution in [0.4, 0.5) is 0 Å². The van der Waals surface area contributed by atoms with E-state index in [1.165, 1.54) is 5.56 Å². The molecule has 94 valence electrons. The highest BCUT2D eigenvalue weighted by Crippen LogP contribution is 2.28. The zero-order chi connectivity index (χ0) is 12.7. The molecule has 1 rings (SSSR count). The number of methoxy groups -OCH3 is 1. The van der Waals surface area contributed by atoms with Crippen LogP contribution in [0.1, 0.15) is 18.9 Å². The van der Waals surface area contributed by atoms with Crippen LogP contribution in [0.25, 0.3) is 0 Å². The monoisotopic (exact) mass is 238 g/mol. The van der Waals surface area contributed by atoms with Crippen LogP contribution in [0.15, 0.2) is 23.4 Å². The van der Waals surface area contributed by atoms with Gasteiger partial charge < -0.3 is 20.4 Å². The topological polar surface area (TPSA) is 77.1 Å². The lowest BCUT2D eigenvalue weighted by molar-refractivity contribution is 0.294. The molecule has 5 heteroatoms. The molecule has 0 heterocycles. The van der Waals surface area contributed by atoms with Gasteiger partial charge in [-0.15, -0.1) is 0 Å². The first kappa shape index (κ1) is 13.2. The van der Waals surface area contributed by atoms with Gasteiger partial charge in [0.25, 0.3) is 0 Å². The van der Waals surface area contributed by atoms with E-state index in [2.05, 4.69) is 12.1 Å². The molecule has 0 saturated heterocycles. The molecule has 1 aromatic carbocycles. The fourth-order valence-corrected chi connectivity index (χ4v) is 1.37. The van der Waals surface area contributed by atoms with Crippen molar-refractivity contribution in [1.29, 1.82) is 0 Å². The van der Waals surface area contributed by atoms with Crippen LogP contribution >= 0.6 is 0 Å². The number of hydrogen-bond acceptors (Lipinski definition) is 4. The minimum Gasteiger partial charge on any atom is -0.493 e. The number of ether oxygens (including phenoxy) is 2. The van der Waals surface area contributed by atoms with Crippen molar-refractivity contribution in [3.05, 3.63) is 23.8 Å². The van der Waals surface area contributed by atoms with E-state index >= 15 is 0 Å². The summed E-state index contributed by atoms with van der Waals surface area (Å²) in [6, 6.07) is 5.80. The lowest BCUT2D eigenvalue weighted by Gasteiger charge is -2.11. The minimum atomic E-state index is 0.147. The van der Waals surface area contributed by atoms with Crippen LogP contribution in [-0.4, -0.2) is 24.8 Å². The highest BCUT2D eigenvalue weighted by Gasteiger charge is 2.05. The van der Waals surface area contributed by atoms with Crippen molar-refractivity contribution in [2.24, 2.45) is 10.9 Å². The van der Waals surface area contributed by atoms with Crippen molar-refractivity contribution >= 4 is 5.84 Å². The minimum absolute atomic E-state index is 0.147. The van der Waals surface area contributed by atoms with Gasteiger partial charge >= 0.3 is 0 Å². The number of oxime groups is 1. The maximum Gasteiger partial charge on any atom is 0.161 e. The zero-order valence-electron chi connectivity index (χ0n) is 10.1. The molecule has 0 atom stereocenters. The van der Waals surface area contributed by atoms with E-state index in [9.17, 15) is 0 Å². The molecule has 0 saturated carbocycles. The first-order valence-corrected chi connectivity index (χ1v) is 5.47. The van der Waals surface area contributed by atoms with Crippen LogP contribution < -0.4 is 15.2 Å². The zero-order valence-corrected chi connectivity index (χ0v) is 10.1. The predicted molar refractivity (Wildman–Crippen MR) is 65.9 cm³/mol. The summed E-state index contributed by atoms with van der Waals surface area (Å²) in [5, 5.41) is 11.3. The Morgan fingerprint density at radius 2 is 2.18 bits per heavy atom. The summed E-state index contributed by atoms with van der Waals surface area (Å²) in [4.78, 5) is 0. The summed E-state index contributed by atoms with van der Waals surface area (Å²) >= 11 is 0. The van der Waals surface area contributed by atoms with Gasteiger partial charge in [-0.05, 0) is 24.1 Å². The molecule has 0 fully saturated rings. The second-order valence-corrected chi connectivity index (χ2v) is 3.53. The van der Waals surface area contributed by atoms with Gasteiger partial charge in [-0.1, -0.05) is 18.1 Å². The third-order valence-corrected chi connectivity index (χ3v) is 2.38. The number of hydrogen-bond donors (Lipinski definition) is 2. The lowest BCUT2D eigenvalue weighted by Crippen LogP contribution is -2.15. The van der Waals surface area contributed by atoms with E-state index in [0.717, 1.165) is 6.42 Å². The van der Waals surface area contributed by atoms with Gasteiger partial charge in [0, 0.05) is 6.42 Å². The fourth-order valence-electron chi connectivity index (χ4n) is 1.37. The third-order valence-electron chi connectivity index (χ3n) is 2.38. The van der Waals surface area contributed by atoms with Crippen LogP contribution in [0, 0.1) is 0 Å². The Morgan fingerprint density at radius 3 is 2.76 bits per heavy atom. The summed E-state index contributed by atoms with van der Waals surface area (Å²) < 4.78 is 10.7. The van der Waals surface area contributed by atoms with Gasteiger partial charge in [-0.2, -0.15) is 0 Å². The molecule has 5 nitrogen and oxygen atoms in total. The second-order valence-electron chi connectivity index (χ2n) is 3.53. The Bertz CT molecular complexity index is 391. The Kier molecular flexibility index (Phi) is 5.13. The molecule has 1 aromatic rings. The summed E-state index contributed by atoms with van der Waals surface area (Å²) in [6.45, 7) is 2.42. The average Bonchev–Trinajstić information content (AvgIpc) is 2.38. The van der Waals surface area contributed by atoms with E-state index in [-0.39, 0.29) is 5.84 Å². The number of rotatable bonds is 6. The third kappa shape index (κ3) is 3.86. The van der Waals surface area contributed by atoms with Crippen molar-refractivity contribution in [2.75, 3.05) is 13.7 Å². The summed E-state index contributed by atoms with van der Waals surface area (Å²) in [7, 11) is 1.60. The quantitative estimate of drug-likeness (QED) is 0.343. The van der Waals surface area contributed by atoms with Gasteiger partial charge in [0.1, 0.15) is 5.84 Å². The molecule has 0 aromatic heterocycles. The Labute approximate surface area is 101 Å². The van der Waals surface area contributed by atoms with Gasteiger partial charge in [0.15, 0.2) is 11.5 Å². The predicted octanol–water partition coefficient (Wildman–Crippen LogP) is 1.77. The van der Waals surface area contributed by atoms with Gasteiger partial charge in [-0.3, -0.25) is 0 Å². The molecule has 0 unspecified atom stereocenters. The van der Waals surface area contributed by atoms with Crippen molar-refractivity contribution in [2.45, 2.75) is 19.8 Å². The summed E-state index contributed by atoms with van der Waals surface area (Å²) in [6.07, 6.45) is 1.32. The van der Waals surface area contributed by atoms with Crippen LogP contribution in [0.5, 0.6) is 11.5 Å². The average molecular weight is 238 g/mol. The van der Waals surface area contributed by atoms with Gasteiger partial charge in [0.2, 0.25) is 0 Å². The Morgan fingerprint density at radius 1 is 1.41 bits per heavy atom. The van der Waals surface area contributed by atoms with E-state index in [0.29, 0.717) is 24.5 Å². The number of nitrogens with zero attached hydrogens (tertiary/aromatic N) is 1. The van der Waals surface area contributed by atoms with E-state index in [1.807, 2.05) is 18.2 Å². The number of nitrogens with two attached hydrogens (primary N) is 1. The second kappa shape index (κ2) is 6.62. The normalized spacial score (nSPS) is 11.3. The molecular formula is C12H18N2O3. The first-order valence-electron chi connectivity index (χ1n) is 5.47. The maximum atomic E-state index is 8.38. The van der Waals surface area contributed by atoms with Crippen molar-refractivity contribution in [3.63, 3.8) is 0 Å². The van der Waals surface area contributed by atoms with Crippen LogP contribution in [0.3, 0.4) is 0 Å². The molecule has 3 N–H and O–H groups in total. The number of aryl methyl sites for hydroxylation is 1. The SMILES string of the molecule is CCc1ccc(OCC/C(N)=N/O)c(OC)c1. The first-order chi connectivity index (χ1) is 8.21. The van der Waals surface area contributed by atoms with Crippen molar-refractivity contribution in [3.8, 4) is 11.5 Å². The lowest BCUT2D eigenvalue weighted by atomic mass is 10.1. The molecule has 0 spiro atoms. The van der Waals surface area contributed by atoms with E-state index in [1.54, 1.807) is 7.11 Å². The molecule has 0 radical (unpaired) electrons.